The van der Waals surface area contributed by atoms with Gasteiger partial charge in [0.1, 0.15) is 0 Å². The highest BCUT2D eigenvalue weighted by Gasteiger charge is 2.27. The van der Waals surface area contributed by atoms with E-state index in [1.165, 1.54) is 0 Å². The van der Waals surface area contributed by atoms with Crippen molar-refractivity contribution in [2.24, 2.45) is 5.41 Å². The normalized spacial score (nSPS) is 11.7. The minimum Gasteiger partial charge on any atom is -0.481 e. The summed E-state index contributed by atoms with van der Waals surface area (Å²) in [5, 5.41) is 12.4. The molecule has 0 aliphatic heterocycles. The van der Waals surface area contributed by atoms with E-state index >= 15 is 0 Å². The van der Waals surface area contributed by atoms with Crippen LogP contribution >= 0.6 is 0 Å². The molecule has 0 fully saturated rings. The average molecular weight is 254 g/mol. The molecule has 1 rings (SSSR count). The van der Waals surface area contributed by atoms with Crippen LogP contribution in [0.4, 0.5) is 0 Å². The molecule has 0 spiro atoms. The number of rotatable bonds is 8. The number of nitrogens with one attached hydrogen (secondary N) is 1. The second kappa shape index (κ2) is 6.56. The Morgan fingerprint density at radius 1 is 1.56 bits per heavy atom. The topological polar surface area (TPSA) is 63.5 Å². The van der Waals surface area contributed by atoms with Crippen molar-refractivity contribution in [1.82, 2.24) is 9.88 Å². The lowest BCUT2D eigenvalue weighted by atomic mass is 9.94. The molecule has 0 atom stereocenters. The van der Waals surface area contributed by atoms with Gasteiger partial charge in [-0.2, -0.15) is 0 Å². The Balaban J connectivity index is 2.57. The summed E-state index contributed by atoms with van der Waals surface area (Å²) in [7, 11) is 1.67. The van der Waals surface area contributed by atoms with Crippen molar-refractivity contribution in [1.29, 1.82) is 0 Å². The summed E-state index contributed by atoms with van der Waals surface area (Å²) in [5.74, 6) is -0.783. The number of carbonyl (C=O) groups is 1. The van der Waals surface area contributed by atoms with Gasteiger partial charge in [0.05, 0.1) is 12.0 Å². The van der Waals surface area contributed by atoms with E-state index in [2.05, 4.69) is 5.32 Å². The number of aromatic nitrogens is 1. The lowest BCUT2D eigenvalue weighted by Crippen LogP contribution is -2.30. The lowest BCUT2D eigenvalue weighted by Gasteiger charge is -2.21. The van der Waals surface area contributed by atoms with Crippen LogP contribution in [-0.2, 0) is 22.6 Å². The average Bonchev–Trinajstić information content (AvgIpc) is 2.71. The molecule has 0 aromatic carbocycles. The molecule has 102 valence electrons. The molecular formula is C13H22N2O3. The molecule has 2 N–H and O–H groups in total. The van der Waals surface area contributed by atoms with Crippen molar-refractivity contribution in [3.8, 4) is 0 Å². The predicted molar refractivity (Wildman–Crippen MR) is 69.4 cm³/mol. The molecule has 0 aliphatic rings. The highest BCUT2D eigenvalue weighted by atomic mass is 16.5. The summed E-state index contributed by atoms with van der Waals surface area (Å²) < 4.78 is 6.94. The fourth-order valence-corrected chi connectivity index (χ4v) is 1.65. The molecular weight excluding hydrogens is 232 g/mol. The maximum absolute atomic E-state index is 11.1. The molecule has 0 amide bonds. The maximum Gasteiger partial charge on any atom is 0.310 e. The van der Waals surface area contributed by atoms with Gasteiger partial charge in [-0.15, -0.1) is 0 Å². The third-order valence-electron chi connectivity index (χ3n) is 2.86. The smallest absolute Gasteiger partial charge is 0.310 e. The van der Waals surface area contributed by atoms with Crippen molar-refractivity contribution in [3.63, 3.8) is 0 Å². The van der Waals surface area contributed by atoms with Gasteiger partial charge in [0.25, 0.3) is 0 Å². The van der Waals surface area contributed by atoms with Crippen LogP contribution in [0, 0.1) is 5.41 Å². The molecule has 5 heteroatoms. The Bertz CT molecular complexity index is 385. The summed E-state index contributed by atoms with van der Waals surface area (Å²) in [6.07, 6.45) is 1.91. The zero-order valence-corrected chi connectivity index (χ0v) is 11.3. The Labute approximate surface area is 108 Å². The number of nitrogens with zero attached hydrogens (tertiary/aromatic N) is 1. The first-order valence-electron chi connectivity index (χ1n) is 6.04. The molecule has 0 saturated carbocycles. The first-order valence-corrected chi connectivity index (χ1v) is 6.04. The van der Waals surface area contributed by atoms with Crippen molar-refractivity contribution in [2.75, 3.05) is 20.3 Å². The largest absolute Gasteiger partial charge is 0.481 e. The third-order valence-corrected chi connectivity index (χ3v) is 2.86. The van der Waals surface area contributed by atoms with Crippen molar-refractivity contribution >= 4 is 5.97 Å². The quantitative estimate of drug-likeness (QED) is 0.687. The van der Waals surface area contributed by atoms with Gasteiger partial charge in [0.2, 0.25) is 0 Å². The summed E-state index contributed by atoms with van der Waals surface area (Å²) in [6, 6.07) is 3.93. The van der Waals surface area contributed by atoms with Crippen LogP contribution in [-0.4, -0.2) is 35.9 Å². The van der Waals surface area contributed by atoms with Gasteiger partial charge in [-0.25, -0.2) is 0 Å². The fraction of sp³-hybridized carbons (Fsp3) is 0.615. The molecule has 1 aromatic rings. The molecule has 18 heavy (non-hydrogen) atoms. The van der Waals surface area contributed by atoms with Crippen molar-refractivity contribution in [2.45, 2.75) is 26.9 Å². The van der Waals surface area contributed by atoms with E-state index in [0.717, 1.165) is 12.2 Å². The third kappa shape index (κ3) is 4.16. The number of aliphatic carboxylic acids is 1. The second-order valence-electron chi connectivity index (χ2n) is 4.99. The molecule has 1 heterocycles. The van der Waals surface area contributed by atoms with E-state index in [-0.39, 0.29) is 0 Å². The van der Waals surface area contributed by atoms with E-state index in [1.807, 2.05) is 22.9 Å². The van der Waals surface area contributed by atoms with Gasteiger partial charge in [0, 0.05) is 38.6 Å². The SMILES string of the molecule is COCCNCc1cccn1CC(C)(C)C(=O)O. The van der Waals surface area contributed by atoms with Crippen LogP contribution < -0.4 is 5.32 Å². The Morgan fingerprint density at radius 3 is 2.89 bits per heavy atom. The van der Waals surface area contributed by atoms with Gasteiger partial charge in [-0.3, -0.25) is 4.79 Å². The molecule has 0 bridgehead atoms. The van der Waals surface area contributed by atoms with E-state index in [4.69, 9.17) is 9.84 Å². The van der Waals surface area contributed by atoms with Crippen LogP contribution in [0.25, 0.3) is 0 Å². The lowest BCUT2D eigenvalue weighted by molar-refractivity contribution is -0.147. The fourth-order valence-electron chi connectivity index (χ4n) is 1.65. The number of hydrogen-bond donors (Lipinski definition) is 2. The van der Waals surface area contributed by atoms with E-state index < -0.39 is 11.4 Å². The monoisotopic (exact) mass is 254 g/mol. The minimum absolute atomic E-state index is 0.469. The van der Waals surface area contributed by atoms with E-state index in [9.17, 15) is 4.79 Å². The molecule has 0 saturated heterocycles. The number of methoxy groups -OCH3 is 1. The minimum atomic E-state index is -0.783. The summed E-state index contributed by atoms with van der Waals surface area (Å²) >= 11 is 0. The van der Waals surface area contributed by atoms with Crippen molar-refractivity contribution in [3.05, 3.63) is 24.0 Å². The van der Waals surface area contributed by atoms with Crippen LogP contribution in [0.3, 0.4) is 0 Å². The highest BCUT2D eigenvalue weighted by molar-refractivity contribution is 5.73. The molecule has 1 aromatic heterocycles. The van der Waals surface area contributed by atoms with Crippen LogP contribution in [0.15, 0.2) is 18.3 Å². The summed E-state index contributed by atoms with van der Waals surface area (Å²) in [5.41, 5.74) is 0.320. The first-order chi connectivity index (χ1) is 8.47. The van der Waals surface area contributed by atoms with Gasteiger partial charge in [0.15, 0.2) is 0 Å². The maximum atomic E-state index is 11.1. The zero-order valence-electron chi connectivity index (χ0n) is 11.3. The molecule has 0 aliphatic carbocycles. The second-order valence-corrected chi connectivity index (χ2v) is 4.99. The Hall–Kier alpha value is -1.33. The molecule has 0 radical (unpaired) electrons. The summed E-state index contributed by atoms with van der Waals surface area (Å²) in [4.78, 5) is 11.1. The standard InChI is InChI=1S/C13H22N2O3/c1-13(2,12(16)17)10-15-7-4-5-11(15)9-14-6-8-18-3/h4-5,7,14H,6,8-10H2,1-3H3,(H,16,17). The van der Waals surface area contributed by atoms with Gasteiger partial charge >= 0.3 is 5.97 Å². The van der Waals surface area contributed by atoms with E-state index in [1.54, 1.807) is 21.0 Å². The molecule has 0 unspecified atom stereocenters. The van der Waals surface area contributed by atoms with Crippen LogP contribution in [0.5, 0.6) is 0 Å². The van der Waals surface area contributed by atoms with Crippen LogP contribution in [0.1, 0.15) is 19.5 Å². The van der Waals surface area contributed by atoms with Gasteiger partial charge in [-0.1, -0.05) is 0 Å². The van der Waals surface area contributed by atoms with Crippen LogP contribution in [0.2, 0.25) is 0 Å². The number of ether oxygens (including phenoxy) is 1. The van der Waals surface area contributed by atoms with Crippen molar-refractivity contribution < 1.29 is 14.6 Å². The highest BCUT2D eigenvalue weighted by Crippen LogP contribution is 2.19. The van der Waals surface area contributed by atoms with Gasteiger partial charge in [-0.05, 0) is 26.0 Å². The number of hydrogen-bond acceptors (Lipinski definition) is 3. The van der Waals surface area contributed by atoms with Gasteiger partial charge < -0.3 is 19.7 Å². The number of carboxylic acids is 1. The Kier molecular flexibility index (Phi) is 5.37. The number of carboxylic acid groups (broad SMARTS) is 1. The molecule has 5 nitrogen and oxygen atoms in total. The van der Waals surface area contributed by atoms with E-state index in [0.29, 0.717) is 19.7 Å². The Morgan fingerprint density at radius 2 is 2.28 bits per heavy atom. The first kappa shape index (κ1) is 14.7. The zero-order chi connectivity index (χ0) is 13.6. The predicted octanol–water partition coefficient (Wildman–Crippen LogP) is 1.33. The summed E-state index contributed by atoms with van der Waals surface area (Å²) in [6.45, 7) is 6.10.